The van der Waals surface area contributed by atoms with Crippen LogP contribution in [0.15, 0.2) is 28.0 Å². The number of hydrogen-bond acceptors (Lipinski definition) is 4. The van der Waals surface area contributed by atoms with Gasteiger partial charge in [-0.3, -0.25) is 9.79 Å². The second-order valence-electron chi connectivity index (χ2n) is 5.75. The first-order chi connectivity index (χ1) is 12.2. The van der Waals surface area contributed by atoms with E-state index in [1.807, 2.05) is 17.6 Å². The van der Waals surface area contributed by atoms with Crippen molar-refractivity contribution in [2.75, 3.05) is 47.1 Å². The molecule has 0 unspecified atom stereocenters. The summed E-state index contributed by atoms with van der Waals surface area (Å²) in [6.07, 6.45) is 2.84. The van der Waals surface area contributed by atoms with Crippen molar-refractivity contribution in [3.8, 4) is 0 Å². The number of pyridine rings is 1. The lowest BCUT2D eigenvalue weighted by molar-refractivity contribution is 0.0698. The van der Waals surface area contributed by atoms with Crippen LogP contribution in [-0.2, 0) is 16.0 Å². The van der Waals surface area contributed by atoms with Crippen molar-refractivity contribution in [3.05, 3.63) is 34.2 Å². The summed E-state index contributed by atoms with van der Waals surface area (Å²) in [6, 6.07) is 5.37. The van der Waals surface area contributed by atoms with Crippen LogP contribution in [-0.4, -0.2) is 57.6 Å². The zero-order valence-corrected chi connectivity index (χ0v) is 18.5. The zero-order valence-electron chi connectivity index (χ0n) is 16.1. The minimum atomic E-state index is 0. The zero-order chi connectivity index (χ0) is 18.3. The molecule has 7 nitrogen and oxygen atoms in total. The van der Waals surface area contributed by atoms with Crippen LogP contribution in [0.5, 0.6) is 0 Å². The Morgan fingerprint density at radius 3 is 2.50 bits per heavy atom. The topological polar surface area (TPSA) is 76.9 Å². The summed E-state index contributed by atoms with van der Waals surface area (Å²) >= 11 is 0. The minimum absolute atomic E-state index is 0. The number of guanidine groups is 1. The van der Waals surface area contributed by atoms with Crippen LogP contribution in [0.2, 0.25) is 0 Å². The van der Waals surface area contributed by atoms with E-state index in [1.165, 1.54) is 0 Å². The van der Waals surface area contributed by atoms with Crippen LogP contribution in [0, 0.1) is 6.92 Å². The van der Waals surface area contributed by atoms with Gasteiger partial charge in [0.2, 0.25) is 0 Å². The van der Waals surface area contributed by atoms with Gasteiger partial charge in [0.05, 0.1) is 13.2 Å². The molecule has 1 aromatic heterocycles. The van der Waals surface area contributed by atoms with Gasteiger partial charge in [-0.05, 0) is 32.3 Å². The SMILES string of the molecule is CN=C(NCCCCn1c(C)cccc1=O)NCCCOCCOC.I. The smallest absolute Gasteiger partial charge is 0.250 e. The van der Waals surface area contributed by atoms with E-state index in [0.717, 1.165) is 50.6 Å². The summed E-state index contributed by atoms with van der Waals surface area (Å²) in [6.45, 7) is 6.32. The molecule has 8 heteroatoms. The predicted molar refractivity (Wildman–Crippen MR) is 117 cm³/mol. The fourth-order valence-corrected chi connectivity index (χ4v) is 2.36. The number of aromatic nitrogens is 1. The van der Waals surface area contributed by atoms with Crippen molar-refractivity contribution in [2.45, 2.75) is 32.7 Å². The Hall–Kier alpha value is -1.13. The maximum Gasteiger partial charge on any atom is 0.250 e. The first-order valence-electron chi connectivity index (χ1n) is 8.86. The molecule has 0 aromatic carbocycles. The first kappa shape index (κ1) is 24.9. The standard InChI is InChI=1S/C18H32N4O3.HI/c1-16-8-6-9-17(23)22(16)12-5-4-10-20-18(19-2)21-11-7-13-25-15-14-24-3;/h6,8-9H,4-5,7,10-15H2,1-3H3,(H2,19,20,21);1H. The van der Waals surface area contributed by atoms with E-state index in [0.29, 0.717) is 19.8 Å². The number of nitrogens with zero attached hydrogens (tertiary/aromatic N) is 2. The third-order valence-corrected chi connectivity index (χ3v) is 3.78. The molecule has 0 aliphatic heterocycles. The summed E-state index contributed by atoms with van der Waals surface area (Å²) in [5.74, 6) is 0.796. The third kappa shape index (κ3) is 10.8. The summed E-state index contributed by atoms with van der Waals surface area (Å²) < 4.78 is 12.1. The Morgan fingerprint density at radius 2 is 1.85 bits per heavy atom. The molecule has 0 atom stereocenters. The number of unbranched alkanes of at least 4 members (excludes halogenated alkanes) is 1. The van der Waals surface area contributed by atoms with E-state index < -0.39 is 0 Å². The van der Waals surface area contributed by atoms with Crippen LogP contribution in [0.4, 0.5) is 0 Å². The van der Waals surface area contributed by atoms with Gasteiger partial charge in [0.1, 0.15) is 0 Å². The maximum atomic E-state index is 11.8. The fraction of sp³-hybridized carbons (Fsp3) is 0.667. The number of methoxy groups -OCH3 is 1. The third-order valence-electron chi connectivity index (χ3n) is 3.78. The highest BCUT2D eigenvalue weighted by atomic mass is 127. The van der Waals surface area contributed by atoms with Crippen molar-refractivity contribution in [2.24, 2.45) is 4.99 Å². The van der Waals surface area contributed by atoms with Crippen molar-refractivity contribution in [3.63, 3.8) is 0 Å². The number of aryl methyl sites for hydroxylation is 1. The van der Waals surface area contributed by atoms with Gasteiger partial charge in [0, 0.05) is 52.2 Å². The van der Waals surface area contributed by atoms with Gasteiger partial charge in [0.15, 0.2) is 5.96 Å². The molecule has 0 saturated carbocycles. The van der Waals surface area contributed by atoms with E-state index in [4.69, 9.17) is 9.47 Å². The second-order valence-corrected chi connectivity index (χ2v) is 5.75. The van der Waals surface area contributed by atoms with Crippen molar-refractivity contribution in [1.29, 1.82) is 0 Å². The van der Waals surface area contributed by atoms with Crippen molar-refractivity contribution >= 4 is 29.9 Å². The highest BCUT2D eigenvalue weighted by Gasteiger charge is 2.00. The average Bonchev–Trinajstić information content (AvgIpc) is 2.61. The molecule has 0 aliphatic carbocycles. The molecule has 2 N–H and O–H groups in total. The molecule has 0 bridgehead atoms. The summed E-state index contributed by atoms with van der Waals surface area (Å²) in [7, 11) is 3.43. The number of ether oxygens (including phenoxy) is 2. The van der Waals surface area contributed by atoms with Crippen LogP contribution in [0.1, 0.15) is 25.0 Å². The predicted octanol–water partition coefficient (Wildman–Crippen LogP) is 1.77. The molecule has 0 saturated heterocycles. The second kappa shape index (κ2) is 16.1. The number of nitrogens with one attached hydrogen (secondary N) is 2. The Bertz CT molecular complexity index is 564. The summed E-state index contributed by atoms with van der Waals surface area (Å²) in [5.41, 5.74) is 1.07. The normalized spacial score (nSPS) is 11.1. The largest absolute Gasteiger partial charge is 0.382 e. The van der Waals surface area contributed by atoms with Gasteiger partial charge in [-0.15, -0.1) is 24.0 Å². The molecule has 150 valence electrons. The Kier molecular flexibility index (Phi) is 15.4. The fourth-order valence-electron chi connectivity index (χ4n) is 2.36. The van der Waals surface area contributed by atoms with Crippen LogP contribution >= 0.6 is 24.0 Å². The Balaban J connectivity index is 0.00000625. The summed E-state index contributed by atoms with van der Waals surface area (Å²) in [5, 5.41) is 6.55. The van der Waals surface area contributed by atoms with Gasteiger partial charge in [0.25, 0.3) is 5.56 Å². The van der Waals surface area contributed by atoms with Gasteiger partial charge in [-0.2, -0.15) is 0 Å². The maximum absolute atomic E-state index is 11.8. The number of rotatable bonds is 12. The molecule has 0 fully saturated rings. The van der Waals surface area contributed by atoms with E-state index in [-0.39, 0.29) is 29.5 Å². The number of hydrogen-bond donors (Lipinski definition) is 2. The van der Waals surface area contributed by atoms with Crippen LogP contribution in [0.25, 0.3) is 0 Å². The van der Waals surface area contributed by atoms with Gasteiger partial charge >= 0.3 is 0 Å². The van der Waals surface area contributed by atoms with Gasteiger partial charge in [-0.25, -0.2) is 0 Å². The van der Waals surface area contributed by atoms with Crippen molar-refractivity contribution < 1.29 is 9.47 Å². The Labute approximate surface area is 173 Å². The monoisotopic (exact) mass is 480 g/mol. The van der Waals surface area contributed by atoms with Crippen LogP contribution in [0.3, 0.4) is 0 Å². The molecule has 1 rings (SSSR count). The molecule has 1 aromatic rings. The van der Waals surface area contributed by atoms with Gasteiger partial charge in [-0.1, -0.05) is 6.07 Å². The average molecular weight is 480 g/mol. The van der Waals surface area contributed by atoms with Crippen molar-refractivity contribution in [1.82, 2.24) is 15.2 Å². The molecule has 0 amide bonds. The van der Waals surface area contributed by atoms with E-state index >= 15 is 0 Å². The van der Waals surface area contributed by atoms with E-state index in [9.17, 15) is 4.79 Å². The molecular weight excluding hydrogens is 447 g/mol. The molecular formula is C18H33IN4O3. The number of aliphatic imine (C=N–C) groups is 1. The highest BCUT2D eigenvalue weighted by molar-refractivity contribution is 14.0. The van der Waals surface area contributed by atoms with E-state index in [1.54, 1.807) is 26.3 Å². The minimum Gasteiger partial charge on any atom is -0.382 e. The quantitative estimate of drug-likeness (QED) is 0.207. The Morgan fingerprint density at radius 1 is 1.12 bits per heavy atom. The van der Waals surface area contributed by atoms with Gasteiger partial charge < -0.3 is 24.7 Å². The molecule has 26 heavy (non-hydrogen) atoms. The molecule has 0 spiro atoms. The van der Waals surface area contributed by atoms with E-state index in [2.05, 4.69) is 15.6 Å². The first-order valence-corrected chi connectivity index (χ1v) is 8.86. The lowest BCUT2D eigenvalue weighted by atomic mass is 10.3. The summed E-state index contributed by atoms with van der Waals surface area (Å²) in [4.78, 5) is 16.0. The highest BCUT2D eigenvalue weighted by Crippen LogP contribution is 1.97. The lowest BCUT2D eigenvalue weighted by Gasteiger charge is -2.13. The van der Waals surface area contributed by atoms with Crippen LogP contribution < -0.4 is 16.2 Å². The molecule has 0 radical (unpaired) electrons. The number of halogens is 1. The molecule has 0 aliphatic rings. The molecule has 1 heterocycles. The lowest BCUT2D eigenvalue weighted by Crippen LogP contribution is -2.38.